The Hall–Kier alpha value is -1.71. The second-order valence-corrected chi connectivity index (χ2v) is 8.57. The number of urea groups is 1. The monoisotopic (exact) mass is 384 g/mol. The molecule has 0 aromatic heterocycles. The van der Waals surface area contributed by atoms with Gasteiger partial charge in [0.15, 0.2) is 0 Å². The topological polar surface area (TPSA) is 73.0 Å². The predicted octanol–water partition coefficient (Wildman–Crippen LogP) is 2.10. The third-order valence-electron chi connectivity index (χ3n) is 4.84. The number of carbonyl (C=O) groups is 1. The summed E-state index contributed by atoms with van der Waals surface area (Å²) in [6, 6.07) is 5.24. The Morgan fingerprint density at radius 3 is 1.96 bits per heavy atom. The Kier molecular flexibility index (Phi) is 6.10. The van der Waals surface area contributed by atoms with Crippen molar-refractivity contribution < 1.29 is 17.6 Å². The van der Waals surface area contributed by atoms with Crippen LogP contribution in [0.3, 0.4) is 0 Å². The summed E-state index contributed by atoms with van der Waals surface area (Å²) in [5, 5.41) is 2.71. The van der Waals surface area contributed by atoms with Crippen LogP contribution in [0.2, 0.25) is 0 Å². The van der Waals surface area contributed by atoms with Gasteiger partial charge < -0.3 is 10.2 Å². The molecule has 0 radical (unpaired) electrons. The van der Waals surface area contributed by atoms with E-state index < -0.39 is 10.2 Å². The molecule has 2 aliphatic rings. The lowest BCUT2D eigenvalue weighted by Crippen LogP contribution is -2.55. The fraction of sp³-hybridized carbons (Fsp3) is 0.588. The van der Waals surface area contributed by atoms with Gasteiger partial charge in [-0.05, 0) is 37.1 Å². The number of carbonyl (C=O) groups excluding carboxylic acids is 1. The summed E-state index contributed by atoms with van der Waals surface area (Å²) in [5.74, 6) is -0.365. The zero-order valence-corrected chi connectivity index (χ0v) is 15.5. The lowest BCUT2D eigenvalue weighted by molar-refractivity contribution is 0.180. The number of nitrogens with one attached hydrogen (secondary N) is 1. The first-order valence-corrected chi connectivity index (χ1v) is 10.4. The first-order chi connectivity index (χ1) is 12.5. The molecule has 0 atom stereocenters. The molecule has 2 saturated heterocycles. The molecule has 0 bridgehead atoms. The lowest BCUT2D eigenvalue weighted by atomic mass is 10.2. The van der Waals surface area contributed by atoms with Crippen LogP contribution in [0.5, 0.6) is 0 Å². The van der Waals surface area contributed by atoms with E-state index in [1.807, 2.05) is 0 Å². The summed E-state index contributed by atoms with van der Waals surface area (Å²) in [4.78, 5) is 13.9. The van der Waals surface area contributed by atoms with Gasteiger partial charge in [0, 0.05) is 45.0 Å². The molecular weight excluding hydrogens is 359 g/mol. The zero-order valence-electron chi connectivity index (χ0n) is 14.7. The summed E-state index contributed by atoms with van der Waals surface area (Å²) in [6.45, 7) is 2.40. The molecule has 26 heavy (non-hydrogen) atoms. The van der Waals surface area contributed by atoms with E-state index in [1.54, 1.807) is 9.21 Å². The van der Waals surface area contributed by atoms with Crippen LogP contribution in [0.25, 0.3) is 0 Å². The normalized spacial score (nSPS) is 20.6. The van der Waals surface area contributed by atoms with Gasteiger partial charge in [-0.15, -0.1) is 0 Å². The highest BCUT2D eigenvalue weighted by Crippen LogP contribution is 2.18. The molecule has 144 valence electrons. The van der Waals surface area contributed by atoms with Gasteiger partial charge >= 0.3 is 6.03 Å². The summed E-state index contributed by atoms with van der Waals surface area (Å²) in [7, 11) is -3.45. The predicted molar refractivity (Wildman–Crippen MR) is 97.5 cm³/mol. The van der Waals surface area contributed by atoms with Gasteiger partial charge in [0.25, 0.3) is 10.2 Å². The van der Waals surface area contributed by atoms with Gasteiger partial charge in [0.05, 0.1) is 0 Å². The lowest BCUT2D eigenvalue weighted by Gasteiger charge is -2.36. The van der Waals surface area contributed by atoms with Crippen molar-refractivity contribution >= 4 is 21.9 Å². The molecule has 0 saturated carbocycles. The van der Waals surface area contributed by atoms with E-state index in [1.165, 1.54) is 28.6 Å². The van der Waals surface area contributed by atoms with Gasteiger partial charge in [-0.2, -0.15) is 17.0 Å². The maximum Gasteiger partial charge on any atom is 0.321 e. The van der Waals surface area contributed by atoms with Crippen molar-refractivity contribution in [3.63, 3.8) is 0 Å². The van der Waals surface area contributed by atoms with Crippen molar-refractivity contribution in [2.75, 3.05) is 44.6 Å². The molecule has 0 unspecified atom stereocenters. The maximum absolute atomic E-state index is 12.9. The van der Waals surface area contributed by atoms with Crippen molar-refractivity contribution in [2.45, 2.75) is 25.7 Å². The Morgan fingerprint density at radius 1 is 0.846 bits per heavy atom. The number of rotatable bonds is 3. The molecule has 2 fully saturated rings. The third-order valence-corrected chi connectivity index (χ3v) is 6.87. The van der Waals surface area contributed by atoms with Crippen LogP contribution >= 0.6 is 0 Å². The van der Waals surface area contributed by atoms with Crippen LogP contribution in [0.1, 0.15) is 25.7 Å². The van der Waals surface area contributed by atoms with Crippen LogP contribution in [0.4, 0.5) is 14.9 Å². The van der Waals surface area contributed by atoms with Gasteiger partial charge in [0.2, 0.25) is 0 Å². The van der Waals surface area contributed by atoms with Gasteiger partial charge in [-0.3, -0.25) is 0 Å². The minimum Gasteiger partial charge on any atom is -0.322 e. The van der Waals surface area contributed by atoms with Crippen LogP contribution in [-0.2, 0) is 10.2 Å². The van der Waals surface area contributed by atoms with E-state index in [4.69, 9.17) is 0 Å². The molecule has 2 amide bonds. The second-order valence-electron chi connectivity index (χ2n) is 6.64. The maximum atomic E-state index is 12.9. The largest absolute Gasteiger partial charge is 0.322 e. The highest BCUT2D eigenvalue weighted by atomic mass is 32.2. The van der Waals surface area contributed by atoms with Crippen LogP contribution < -0.4 is 5.32 Å². The molecule has 2 heterocycles. The standard InChI is InChI=1S/C17H25FN4O3S/c18-15-5-7-16(8-6-15)19-17(23)20-11-13-22(14-12-20)26(24,25)21-9-3-1-2-4-10-21/h5-8H,1-4,9-14H2,(H,19,23). The fourth-order valence-corrected chi connectivity index (χ4v) is 4.96. The zero-order chi connectivity index (χ0) is 18.6. The second kappa shape index (κ2) is 8.32. The molecule has 0 aliphatic carbocycles. The van der Waals surface area contributed by atoms with E-state index in [0.29, 0.717) is 31.9 Å². The summed E-state index contributed by atoms with van der Waals surface area (Å²) in [5.41, 5.74) is 0.510. The molecule has 7 nitrogen and oxygen atoms in total. The number of nitrogens with zero attached hydrogens (tertiary/aromatic N) is 3. The number of hydrogen-bond donors (Lipinski definition) is 1. The molecule has 1 aromatic rings. The van der Waals surface area contributed by atoms with E-state index in [0.717, 1.165) is 25.7 Å². The average molecular weight is 384 g/mol. The Morgan fingerprint density at radius 2 is 1.38 bits per heavy atom. The number of amides is 2. The van der Waals surface area contributed by atoms with E-state index in [9.17, 15) is 17.6 Å². The summed E-state index contributed by atoms with van der Waals surface area (Å²) < 4.78 is 41.6. The van der Waals surface area contributed by atoms with Crippen molar-refractivity contribution in [3.05, 3.63) is 30.1 Å². The first kappa shape index (κ1) is 19.1. The molecular formula is C17H25FN4O3S. The molecule has 9 heteroatoms. The average Bonchev–Trinajstić information content (AvgIpc) is 2.94. The number of halogens is 1. The van der Waals surface area contributed by atoms with Gasteiger partial charge in [-0.25, -0.2) is 9.18 Å². The van der Waals surface area contributed by atoms with Crippen molar-refractivity contribution in [1.82, 2.24) is 13.5 Å². The number of anilines is 1. The summed E-state index contributed by atoms with van der Waals surface area (Å²) >= 11 is 0. The van der Waals surface area contributed by atoms with Crippen LogP contribution in [0, 0.1) is 5.82 Å². The minimum atomic E-state index is -3.45. The number of hydrogen-bond acceptors (Lipinski definition) is 3. The third kappa shape index (κ3) is 4.52. The Labute approximate surface area is 153 Å². The number of benzene rings is 1. The van der Waals surface area contributed by atoms with Gasteiger partial charge in [-0.1, -0.05) is 12.8 Å². The molecule has 2 aliphatic heterocycles. The minimum absolute atomic E-state index is 0.287. The van der Waals surface area contributed by atoms with Crippen molar-refractivity contribution in [1.29, 1.82) is 0 Å². The quantitative estimate of drug-likeness (QED) is 0.867. The Bertz CT molecular complexity index is 710. The SMILES string of the molecule is O=C(Nc1ccc(F)cc1)N1CCN(S(=O)(=O)N2CCCCCC2)CC1. The van der Waals surface area contributed by atoms with E-state index >= 15 is 0 Å². The molecule has 1 aromatic carbocycles. The van der Waals surface area contributed by atoms with Crippen LogP contribution in [0.15, 0.2) is 24.3 Å². The van der Waals surface area contributed by atoms with Crippen molar-refractivity contribution in [2.24, 2.45) is 0 Å². The first-order valence-electron chi connectivity index (χ1n) is 9.03. The van der Waals surface area contributed by atoms with Crippen LogP contribution in [-0.4, -0.2) is 67.2 Å². The molecule has 1 N–H and O–H groups in total. The smallest absolute Gasteiger partial charge is 0.321 e. The Balaban J connectivity index is 1.54. The molecule has 0 spiro atoms. The van der Waals surface area contributed by atoms with Gasteiger partial charge in [0.1, 0.15) is 5.82 Å². The highest BCUT2D eigenvalue weighted by molar-refractivity contribution is 7.86. The molecule has 3 rings (SSSR count). The van der Waals surface area contributed by atoms with E-state index in [-0.39, 0.29) is 24.9 Å². The highest BCUT2D eigenvalue weighted by Gasteiger charge is 2.33. The van der Waals surface area contributed by atoms with E-state index in [2.05, 4.69) is 5.32 Å². The fourth-order valence-electron chi connectivity index (χ4n) is 3.29. The summed E-state index contributed by atoms with van der Waals surface area (Å²) in [6.07, 6.45) is 3.95. The van der Waals surface area contributed by atoms with Crippen molar-refractivity contribution in [3.8, 4) is 0 Å². The number of piperazine rings is 1.